The molecule has 0 saturated carbocycles. The second-order valence-electron chi connectivity index (χ2n) is 6.99. The summed E-state index contributed by atoms with van der Waals surface area (Å²) in [4.78, 5) is 25.6. The molecule has 30 heavy (non-hydrogen) atoms. The van der Waals surface area contributed by atoms with Crippen molar-refractivity contribution in [2.45, 2.75) is 19.0 Å². The summed E-state index contributed by atoms with van der Waals surface area (Å²) in [6, 6.07) is 23.3. The van der Waals surface area contributed by atoms with Crippen LogP contribution in [0.1, 0.15) is 21.5 Å². The van der Waals surface area contributed by atoms with Gasteiger partial charge >= 0.3 is 0 Å². The number of amides is 2. The molecule has 6 heteroatoms. The second-order valence-corrected chi connectivity index (χ2v) is 6.99. The first-order valence-corrected chi connectivity index (χ1v) is 9.75. The zero-order chi connectivity index (χ0) is 20.8. The first kappa shape index (κ1) is 19.5. The molecular formula is C24H22N2O4. The van der Waals surface area contributed by atoms with Gasteiger partial charge in [-0.1, -0.05) is 54.6 Å². The van der Waals surface area contributed by atoms with Crippen molar-refractivity contribution in [2.75, 3.05) is 6.79 Å². The quantitative estimate of drug-likeness (QED) is 0.637. The van der Waals surface area contributed by atoms with Crippen molar-refractivity contribution in [3.63, 3.8) is 0 Å². The molecule has 1 heterocycles. The van der Waals surface area contributed by atoms with E-state index in [9.17, 15) is 9.59 Å². The first-order valence-electron chi connectivity index (χ1n) is 9.75. The molecule has 0 bridgehead atoms. The van der Waals surface area contributed by atoms with E-state index in [1.807, 2.05) is 54.6 Å². The molecule has 1 aliphatic rings. The number of nitrogens with one attached hydrogen (secondary N) is 2. The molecule has 3 aromatic carbocycles. The summed E-state index contributed by atoms with van der Waals surface area (Å²) in [5.74, 6) is 0.831. The van der Waals surface area contributed by atoms with Gasteiger partial charge in [0.05, 0.1) is 0 Å². The highest BCUT2D eigenvalue weighted by atomic mass is 16.7. The van der Waals surface area contributed by atoms with Crippen molar-refractivity contribution < 1.29 is 19.1 Å². The molecule has 3 aromatic rings. The minimum atomic E-state index is -0.700. The highest BCUT2D eigenvalue weighted by Gasteiger charge is 2.22. The van der Waals surface area contributed by atoms with Gasteiger partial charge in [0.1, 0.15) is 6.04 Å². The number of benzene rings is 3. The van der Waals surface area contributed by atoms with Crippen molar-refractivity contribution in [1.29, 1.82) is 0 Å². The van der Waals surface area contributed by atoms with Crippen LogP contribution in [-0.2, 0) is 17.8 Å². The Morgan fingerprint density at radius 2 is 1.53 bits per heavy atom. The van der Waals surface area contributed by atoms with E-state index in [1.54, 1.807) is 24.3 Å². The Hall–Kier alpha value is -3.80. The summed E-state index contributed by atoms with van der Waals surface area (Å²) in [6.45, 7) is 0.526. The molecular weight excluding hydrogens is 380 g/mol. The molecule has 0 aromatic heterocycles. The molecule has 152 valence electrons. The summed E-state index contributed by atoms with van der Waals surface area (Å²) in [7, 11) is 0. The standard InChI is InChI=1S/C24H22N2O4/c27-23(19-9-5-2-6-10-19)26-20(13-17-7-3-1-4-8-17)24(28)25-15-18-11-12-21-22(14-18)30-16-29-21/h1-12,14,20H,13,15-16H2,(H,25,28)(H,26,27)/t20-/m0/s1. The van der Waals surface area contributed by atoms with Gasteiger partial charge in [-0.15, -0.1) is 0 Å². The molecule has 0 spiro atoms. The van der Waals surface area contributed by atoms with Crippen molar-refractivity contribution in [2.24, 2.45) is 0 Å². The van der Waals surface area contributed by atoms with Gasteiger partial charge in [-0.25, -0.2) is 0 Å². The Morgan fingerprint density at radius 3 is 2.30 bits per heavy atom. The lowest BCUT2D eigenvalue weighted by molar-refractivity contribution is -0.123. The van der Waals surface area contributed by atoms with Gasteiger partial charge in [0.2, 0.25) is 12.7 Å². The van der Waals surface area contributed by atoms with Crippen LogP contribution >= 0.6 is 0 Å². The zero-order valence-electron chi connectivity index (χ0n) is 16.3. The Kier molecular flexibility index (Phi) is 5.94. The van der Waals surface area contributed by atoms with E-state index in [0.29, 0.717) is 30.0 Å². The maximum atomic E-state index is 12.9. The fourth-order valence-electron chi connectivity index (χ4n) is 3.25. The number of ether oxygens (including phenoxy) is 2. The average molecular weight is 402 g/mol. The van der Waals surface area contributed by atoms with Crippen LogP contribution in [0.4, 0.5) is 0 Å². The molecule has 0 unspecified atom stereocenters. The van der Waals surface area contributed by atoms with Crippen molar-refractivity contribution in [1.82, 2.24) is 10.6 Å². The number of fused-ring (bicyclic) bond motifs is 1. The van der Waals surface area contributed by atoms with Crippen molar-refractivity contribution in [3.05, 3.63) is 95.6 Å². The Bertz CT molecular complexity index is 1020. The minimum Gasteiger partial charge on any atom is -0.454 e. The van der Waals surface area contributed by atoms with E-state index in [4.69, 9.17) is 9.47 Å². The summed E-state index contributed by atoms with van der Waals surface area (Å²) in [5, 5.41) is 5.78. The highest BCUT2D eigenvalue weighted by Crippen LogP contribution is 2.32. The lowest BCUT2D eigenvalue weighted by Gasteiger charge is -2.19. The Morgan fingerprint density at radius 1 is 0.833 bits per heavy atom. The Labute approximate surface area is 174 Å². The van der Waals surface area contributed by atoms with Gasteiger partial charge in [0.25, 0.3) is 5.91 Å². The summed E-state index contributed by atoms with van der Waals surface area (Å²) in [5.41, 5.74) is 2.37. The van der Waals surface area contributed by atoms with E-state index in [0.717, 1.165) is 11.1 Å². The van der Waals surface area contributed by atoms with Crippen LogP contribution in [0, 0.1) is 0 Å². The Balaban J connectivity index is 1.45. The smallest absolute Gasteiger partial charge is 0.251 e. The number of hydrogen-bond acceptors (Lipinski definition) is 4. The number of carbonyl (C=O) groups excluding carboxylic acids is 2. The van der Waals surface area contributed by atoms with E-state index < -0.39 is 6.04 Å². The van der Waals surface area contributed by atoms with Crippen LogP contribution in [0.25, 0.3) is 0 Å². The number of hydrogen-bond donors (Lipinski definition) is 2. The zero-order valence-corrected chi connectivity index (χ0v) is 16.3. The van der Waals surface area contributed by atoms with E-state index in [1.165, 1.54) is 0 Å². The summed E-state index contributed by atoms with van der Waals surface area (Å²) in [6.07, 6.45) is 0.395. The number of rotatable bonds is 7. The highest BCUT2D eigenvalue weighted by molar-refractivity contribution is 5.97. The summed E-state index contributed by atoms with van der Waals surface area (Å²) >= 11 is 0. The van der Waals surface area contributed by atoms with Crippen LogP contribution < -0.4 is 20.1 Å². The van der Waals surface area contributed by atoms with E-state index in [2.05, 4.69) is 10.6 Å². The molecule has 6 nitrogen and oxygen atoms in total. The normalized spacial score (nSPS) is 12.8. The van der Waals surface area contributed by atoms with Crippen LogP contribution in [0.5, 0.6) is 11.5 Å². The predicted octanol–water partition coefficient (Wildman–Crippen LogP) is 3.07. The average Bonchev–Trinajstić information content (AvgIpc) is 3.26. The van der Waals surface area contributed by atoms with Gasteiger partial charge in [0.15, 0.2) is 11.5 Å². The maximum absolute atomic E-state index is 12.9. The van der Waals surface area contributed by atoms with Gasteiger partial charge in [0, 0.05) is 18.5 Å². The molecule has 0 fully saturated rings. The van der Waals surface area contributed by atoms with Crippen molar-refractivity contribution in [3.8, 4) is 11.5 Å². The lowest BCUT2D eigenvalue weighted by Crippen LogP contribution is -2.47. The van der Waals surface area contributed by atoms with Gasteiger partial charge in [-0.2, -0.15) is 0 Å². The monoisotopic (exact) mass is 402 g/mol. The maximum Gasteiger partial charge on any atom is 0.251 e. The van der Waals surface area contributed by atoms with Crippen LogP contribution in [0.3, 0.4) is 0 Å². The van der Waals surface area contributed by atoms with Gasteiger partial charge in [-0.05, 0) is 35.4 Å². The fourth-order valence-corrected chi connectivity index (χ4v) is 3.25. The van der Waals surface area contributed by atoms with Crippen LogP contribution in [0.15, 0.2) is 78.9 Å². The third-order valence-electron chi connectivity index (χ3n) is 4.84. The first-order chi connectivity index (χ1) is 14.7. The third-order valence-corrected chi connectivity index (χ3v) is 4.84. The third kappa shape index (κ3) is 4.78. The van der Waals surface area contributed by atoms with Gasteiger partial charge in [-0.3, -0.25) is 9.59 Å². The molecule has 2 amide bonds. The minimum absolute atomic E-state index is 0.204. The molecule has 4 rings (SSSR count). The number of carbonyl (C=O) groups is 2. The molecule has 1 aliphatic heterocycles. The molecule has 0 aliphatic carbocycles. The SMILES string of the molecule is O=C(N[C@@H](Cc1ccccc1)C(=O)NCc1ccc2c(c1)OCO2)c1ccccc1. The summed E-state index contributed by atoms with van der Waals surface area (Å²) < 4.78 is 10.7. The van der Waals surface area contributed by atoms with Crippen LogP contribution in [0.2, 0.25) is 0 Å². The van der Waals surface area contributed by atoms with E-state index in [-0.39, 0.29) is 18.6 Å². The van der Waals surface area contributed by atoms with Crippen molar-refractivity contribution >= 4 is 11.8 Å². The van der Waals surface area contributed by atoms with E-state index >= 15 is 0 Å². The van der Waals surface area contributed by atoms with Crippen LogP contribution in [-0.4, -0.2) is 24.6 Å². The predicted molar refractivity (Wildman–Crippen MR) is 112 cm³/mol. The fraction of sp³-hybridized carbons (Fsp3) is 0.167. The molecule has 0 radical (unpaired) electrons. The molecule has 0 saturated heterocycles. The lowest BCUT2D eigenvalue weighted by atomic mass is 10.0. The largest absolute Gasteiger partial charge is 0.454 e. The molecule has 2 N–H and O–H groups in total. The molecule has 1 atom stereocenters. The second kappa shape index (κ2) is 9.13. The topological polar surface area (TPSA) is 76.7 Å². The van der Waals surface area contributed by atoms with Gasteiger partial charge < -0.3 is 20.1 Å².